The molecular weight excluding hydrogens is 414 g/mol. The molecule has 2 aromatic carbocycles. The number of anilines is 2. The number of aromatic nitrogens is 4. The van der Waals surface area contributed by atoms with E-state index >= 15 is 0 Å². The predicted molar refractivity (Wildman–Crippen MR) is 132 cm³/mol. The Kier molecular flexibility index (Phi) is 4.92. The van der Waals surface area contributed by atoms with Gasteiger partial charge in [-0.1, -0.05) is 43.8 Å². The molecule has 0 amide bonds. The third kappa shape index (κ3) is 4.36. The number of nitrogens with zero attached hydrogens (tertiary/aromatic N) is 2. The molecule has 5 aromatic rings. The molecule has 158 valence electrons. The van der Waals surface area contributed by atoms with E-state index in [0.717, 1.165) is 44.9 Å². The summed E-state index contributed by atoms with van der Waals surface area (Å²) < 4.78 is 5.93. The Morgan fingerprint density at radius 2 is 1.75 bits per heavy atom. The van der Waals surface area contributed by atoms with E-state index in [9.17, 15) is 0 Å². The maximum absolute atomic E-state index is 5.93. The minimum Gasteiger partial charge on any atom is -0.457 e. The van der Waals surface area contributed by atoms with Crippen molar-refractivity contribution in [2.24, 2.45) is 0 Å². The predicted octanol–water partition coefficient (Wildman–Crippen LogP) is 6.20. The highest BCUT2D eigenvalue weighted by Gasteiger charge is 2.11. The molecule has 0 spiro atoms. The first-order valence-corrected chi connectivity index (χ1v) is 13.9. The lowest BCUT2D eigenvalue weighted by atomic mass is 10.3. The Morgan fingerprint density at radius 3 is 2.56 bits per heavy atom. The standard InChI is InChI=1S/C25H23N5OSi/c1-32(2,3)14-13-17-9-11-21-24(27-17)23(16-26-21)30-25-28-20-12-10-19(15-22(20)29-25)31-18-7-5-4-6-8-18/h4-12,15-16,26H,1-3H3,(H2,28,29,30). The van der Waals surface area contributed by atoms with Crippen LogP contribution in [0.15, 0.2) is 66.9 Å². The minimum atomic E-state index is -1.46. The van der Waals surface area contributed by atoms with Crippen molar-refractivity contribution >= 4 is 41.8 Å². The molecule has 0 fully saturated rings. The van der Waals surface area contributed by atoms with Crippen LogP contribution in [-0.4, -0.2) is 28.0 Å². The third-order valence-electron chi connectivity index (χ3n) is 4.77. The molecule has 0 unspecified atom stereocenters. The average molecular weight is 438 g/mol. The van der Waals surface area contributed by atoms with Crippen molar-refractivity contribution in [2.75, 3.05) is 5.32 Å². The van der Waals surface area contributed by atoms with Crippen molar-refractivity contribution in [1.29, 1.82) is 0 Å². The number of fused-ring (bicyclic) bond motifs is 2. The molecule has 3 heterocycles. The zero-order chi connectivity index (χ0) is 22.1. The number of aromatic amines is 2. The number of H-pyrrole nitrogens is 2. The summed E-state index contributed by atoms with van der Waals surface area (Å²) in [6, 6.07) is 19.5. The van der Waals surface area contributed by atoms with Gasteiger partial charge in [-0.05, 0) is 36.4 Å². The van der Waals surface area contributed by atoms with E-state index in [1.807, 2.05) is 66.9 Å². The molecular formula is C25H23N5OSi. The molecule has 5 rings (SSSR count). The fourth-order valence-corrected chi connectivity index (χ4v) is 3.78. The van der Waals surface area contributed by atoms with Crippen LogP contribution in [0.25, 0.3) is 22.1 Å². The normalized spacial score (nSPS) is 11.3. The number of imidazole rings is 1. The van der Waals surface area contributed by atoms with Crippen molar-refractivity contribution in [1.82, 2.24) is 19.9 Å². The van der Waals surface area contributed by atoms with Crippen molar-refractivity contribution in [2.45, 2.75) is 19.6 Å². The number of para-hydroxylation sites is 1. The summed E-state index contributed by atoms with van der Waals surface area (Å²) in [5, 5.41) is 3.34. The molecule has 0 atom stereocenters. The number of rotatable bonds is 4. The first kappa shape index (κ1) is 19.9. The van der Waals surface area contributed by atoms with Crippen LogP contribution < -0.4 is 10.1 Å². The molecule has 6 nitrogen and oxygen atoms in total. The van der Waals surface area contributed by atoms with E-state index < -0.39 is 8.07 Å². The maximum atomic E-state index is 5.93. The molecule has 7 heteroatoms. The highest BCUT2D eigenvalue weighted by Crippen LogP contribution is 2.28. The van der Waals surface area contributed by atoms with E-state index in [0.29, 0.717) is 5.95 Å². The number of nitrogens with one attached hydrogen (secondary N) is 3. The number of benzene rings is 2. The van der Waals surface area contributed by atoms with Gasteiger partial charge in [0.2, 0.25) is 5.95 Å². The van der Waals surface area contributed by atoms with E-state index in [1.54, 1.807) is 0 Å². The van der Waals surface area contributed by atoms with Gasteiger partial charge in [-0.15, -0.1) is 5.54 Å². The fraction of sp³-hybridized carbons (Fsp3) is 0.120. The van der Waals surface area contributed by atoms with Gasteiger partial charge in [-0.3, -0.25) is 0 Å². The zero-order valence-electron chi connectivity index (χ0n) is 18.2. The lowest BCUT2D eigenvalue weighted by molar-refractivity contribution is 0.483. The zero-order valence-corrected chi connectivity index (χ0v) is 19.2. The molecule has 0 aliphatic heterocycles. The Morgan fingerprint density at radius 1 is 0.906 bits per heavy atom. The minimum absolute atomic E-state index is 0.637. The van der Waals surface area contributed by atoms with Crippen LogP contribution in [0.5, 0.6) is 11.5 Å². The van der Waals surface area contributed by atoms with Crippen molar-refractivity contribution in [3.63, 3.8) is 0 Å². The van der Waals surface area contributed by atoms with Gasteiger partial charge in [-0.25, -0.2) is 9.97 Å². The monoisotopic (exact) mass is 437 g/mol. The van der Waals surface area contributed by atoms with Crippen molar-refractivity contribution in [3.05, 3.63) is 72.6 Å². The molecule has 0 saturated heterocycles. The quantitative estimate of drug-likeness (QED) is 0.231. The van der Waals surface area contributed by atoms with Gasteiger partial charge in [0.15, 0.2) is 0 Å². The summed E-state index contributed by atoms with van der Waals surface area (Å²) in [6.07, 6.45) is 1.89. The first-order valence-electron chi connectivity index (χ1n) is 10.4. The van der Waals surface area contributed by atoms with Gasteiger partial charge in [0.25, 0.3) is 0 Å². The van der Waals surface area contributed by atoms with E-state index in [4.69, 9.17) is 9.72 Å². The summed E-state index contributed by atoms with van der Waals surface area (Å²) in [7, 11) is -1.46. The highest BCUT2D eigenvalue weighted by atomic mass is 28.3. The SMILES string of the molecule is C[Si](C)(C)C#Cc1ccc2[nH]cc(Nc3nc4ccc(Oc5ccccc5)cc4[nH]3)c2n1. The number of hydrogen-bond donors (Lipinski definition) is 3. The van der Waals surface area contributed by atoms with E-state index in [-0.39, 0.29) is 0 Å². The van der Waals surface area contributed by atoms with Gasteiger partial charge in [-0.2, -0.15) is 0 Å². The molecule has 0 radical (unpaired) electrons. The summed E-state index contributed by atoms with van der Waals surface area (Å²) in [6.45, 7) is 6.67. The molecule has 3 N–H and O–H groups in total. The summed E-state index contributed by atoms with van der Waals surface area (Å²) in [5.74, 6) is 5.41. The van der Waals surface area contributed by atoms with Crippen LogP contribution in [0.4, 0.5) is 11.6 Å². The topological polar surface area (TPSA) is 78.6 Å². The Labute approximate surface area is 187 Å². The molecule has 0 aliphatic carbocycles. The Hall–Kier alpha value is -4.02. The molecule has 3 aromatic heterocycles. The lowest BCUT2D eigenvalue weighted by Gasteiger charge is -2.04. The van der Waals surface area contributed by atoms with Gasteiger partial charge in [0.1, 0.15) is 30.8 Å². The number of ether oxygens (including phenoxy) is 1. The summed E-state index contributed by atoms with van der Waals surface area (Å²) >= 11 is 0. The average Bonchev–Trinajstić information content (AvgIpc) is 3.36. The van der Waals surface area contributed by atoms with Gasteiger partial charge >= 0.3 is 0 Å². The molecule has 32 heavy (non-hydrogen) atoms. The van der Waals surface area contributed by atoms with Gasteiger partial charge in [0, 0.05) is 12.3 Å². The van der Waals surface area contributed by atoms with Crippen LogP contribution >= 0.6 is 0 Å². The first-order chi connectivity index (χ1) is 15.4. The maximum Gasteiger partial charge on any atom is 0.205 e. The smallest absolute Gasteiger partial charge is 0.205 e. The lowest BCUT2D eigenvalue weighted by Crippen LogP contribution is -2.16. The second kappa shape index (κ2) is 7.91. The van der Waals surface area contributed by atoms with Crippen LogP contribution in [0.3, 0.4) is 0 Å². The third-order valence-corrected chi connectivity index (χ3v) is 5.65. The van der Waals surface area contributed by atoms with Crippen molar-refractivity contribution < 1.29 is 4.74 Å². The van der Waals surface area contributed by atoms with Crippen LogP contribution in [0.1, 0.15) is 5.69 Å². The second-order valence-electron chi connectivity index (χ2n) is 8.60. The van der Waals surface area contributed by atoms with Crippen LogP contribution in [-0.2, 0) is 0 Å². The molecule has 0 saturated carbocycles. The Balaban J connectivity index is 1.41. The van der Waals surface area contributed by atoms with Crippen LogP contribution in [0, 0.1) is 11.5 Å². The molecule has 0 aliphatic rings. The molecule has 0 bridgehead atoms. The second-order valence-corrected chi connectivity index (χ2v) is 13.3. The highest BCUT2D eigenvalue weighted by molar-refractivity contribution is 6.83. The largest absolute Gasteiger partial charge is 0.457 e. The fourth-order valence-electron chi connectivity index (χ4n) is 3.28. The Bertz CT molecular complexity index is 1470. The number of hydrogen-bond acceptors (Lipinski definition) is 4. The number of pyridine rings is 1. The van der Waals surface area contributed by atoms with Crippen LogP contribution in [0.2, 0.25) is 19.6 Å². The van der Waals surface area contributed by atoms with Gasteiger partial charge in [0.05, 0.1) is 22.2 Å². The van der Waals surface area contributed by atoms with Crippen molar-refractivity contribution in [3.8, 4) is 23.0 Å². The summed E-state index contributed by atoms with van der Waals surface area (Å²) in [5.41, 5.74) is 8.50. The van der Waals surface area contributed by atoms with E-state index in [1.165, 1.54) is 0 Å². The van der Waals surface area contributed by atoms with Gasteiger partial charge < -0.3 is 20.0 Å². The summed E-state index contributed by atoms with van der Waals surface area (Å²) in [4.78, 5) is 16.0. The van der Waals surface area contributed by atoms with E-state index in [2.05, 4.69) is 51.4 Å².